The molecule has 2 aliphatic rings. The van der Waals surface area contributed by atoms with E-state index in [0.29, 0.717) is 10.00 Å². The van der Waals surface area contributed by atoms with Crippen LogP contribution in [0.5, 0.6) is 0 Å². The Morgan fingerprint density at radius 2 is 2.08 bits per heavy atom. The lowest BCUT2D eigenvalue weighted by molar-refractivity contribution is 0.730. The molecule has 1 heterocycles. The van der Waals surface area contributed by atoms with Gasteiger partial charge in [-0.1, -0.05) is 12.2 Å². The molecule has 1 saturated heterocycles. The summed E-state index contributed by atoms with van der Waals surface area (Å²) < 4.78 is 0.508. The second-order valence-corrected chi connectivity index (χ2v) is 7.14. The summed E-state index contributed by atoms with van der Waals surface area (Å²) in [6, 6.07) is 0. The number of thioether (sulfide) groups is 2. The summed E-state index contributed by atoms with van der Waals surface area (Å²) in [7, 11) is 0. The Kier molecular flexibility index (Phi) is 2.58. The normalized spacial score (nSPS) is 32.8. The molecule has 1 unspecified atom stereocenters. The van der Waals surface area contributed by atoms with Gasteiger partial charge in [0, 0.05) is 17.4 Å². The lowest BCUT2D eigenvalue weighted by atomic mass is 10.1. The van der Waals surface area contributed by atoms with Gasteiger partial charge in [-0.2, -0.15) is 0 Å². The van der Waals surface area contributed by atoms with Crippen LogP contribution in [0.3, 0.4) is 0 Å². The van der Waals surface area contributed by atoms with E-state index in [1.54, 1.807) is 0 Å². The van der Waals surface area contributed by atoms with E-state index in [-0.39, 0.29) is 0 Å². The van der Waals surface area contributed by atoms with E-state index >= 15 is 0 Å². The van der Waals surface area contributed by atoms with Crippen molar-refractivity contribution >= 4 is 40.7 Å². The number of nitrogens with two attached hydrogens (primary N) is 1. The third-order valence-electron chi connectivity index (χ3n) is 2.65. The molecule has 0 aromatic heterocycles. The van der Waals surface area contributed by atoms with Gasteiger partial charge in [0.2, 0.25) is 0 Å². The number of rotatable bonds is 1. The van der Waals surface area contributed by atoms with Crippen molar-refractivity contribution in [1.82, 2.24) is 0 Å². The van der Waals surface area contributed by atoms with Crippen LogP contribution in [0.25, 0.3) is 0 Å². The maximum Gasteiger partial charge on any atom is 0.0759 e. The molecule has 1 spiro atoms. The molecule has 1 atom stereocenters. The highest BCUT2D eigenvalue weighted by atomic mass is 32.2. The van der Waals surface area contributed by atoms with Crippen molar-refractivity contribution in [2.24, 2.45) is 11.7 Å². The zero-order chi connectivity index (χ0) is 8.60. The van der Waals surface area contributed by atoms with Gasteiger partial charge in [0.25, 0.3) is 0 Å². The molecule has 0 aromatic carbocycles. The maximum atomic E-state index is 5.66. The molecule has 1 nitrogen and oxygen atoms in total. The summed E-state index contributed by atoms with van der Waals surface area (Å²) >= 11 is 9.28. The van der Waals surface area contributed by atoms with Crippen molar-refractivity contribution in [3.63, 3.8) is 0 Å². The van der Waals surface area contributed by atoms with E-state index < -0.39 is 0 Å². The van der Waals surface area contributed by atoms with E-state index in [2.05, 4.69) is 23.5 Å². The van der Waals surface area contributed by atoms with Crippen LogP contribution >= 0.6 is 35.7 Å². The molecule has 2 fully saturated rings. The maximum absolute atomic E-state index is 5.66. The van der Waals surface area contributed by atoms with Crippen LogP contribution in [0, 0.1) is 5.92 Å². The highest BCUT2D eigenvalue weighted by molar-refractivity contribution is 8.21. The number of hydrogen-bond donors (Lipinski definition) is 1. The van der Waals surface area contributed by atoms with Crippen molar-refractivity contribution in [3.8, 4) is 0 Å². The summed E-state index contributed by atoms with van der Waals surface area (Å²) in [5.41, 5.74) is 5.66. The Morgan fingerprint density at radius 3 is 2.58 bits per heavy atom. The van der Waals surface area contributed by atoms with Gasteiger partial charge in [-0.15, -0.1) is 23.5 Å². The van der Waals surface area contributed by atoms with E-state index in [0.717, 1.165) is 4.99 Å². The Bertz CT molecular complexity index is 198. The highest BCUT2D eigenvalue weighted by Crippen LogP contribution is 2.55. The van der Waals surface area contributed by atoms with Gasteiger partial charge in [0.15, 0.2) is 0 Å². The molecule has 0 amide bonds. The molecule has 0 bridgehead atoms. The molecule has 4 heteroatoms. The zero-order valence-electron chi connectivity index (χ0n) is 6.91. The first-order valence-electron chi connectivity index (χ1n) is 4.29. The quantitative estimate of drug-likeness (QED) is 0.684. The van der Waals surface area contributed by atoms with Crippen molar-refractivity contribution in [1.29, 1.82) is 0 Å². The molecule has 1 saturated carbocycles. The van der Waals surface area contributed by atoms with Gasteiger partial charge in [0.1, 0.15) is 0 Å². The fourth-order valence-electron chi connectivity index (χ4n) is 1.98. The molecular formula is C8H13NS3. The van der Waals surface area contributed by atoms with Crippen LogP contribution in [-0.2, 0) is 0 Å². The summed E-state index contributed by atoms with van der Waals surface area (Å²) in [6.07, 6.45) is 3.75. The minimum Gasteiger partial charge on any atom is -0.393 e. The van der Waals surface area contributed by atoms with Gasteiger partial charge < -0.3 is 5.73 Å². The van der Waals surface area contributed by atoms with Gasteiger partial charge in [-0.3, -0.25) is 0 Å². The Balaban J connectivity index is 2.01. The summed E-state index contributed by atoms with van der Waals surface area (Å²) in [4.78, 5) is 0.736. The van der Waals surface area contributed by atoms with Crippen molar-refractivity contribution in [2.75, 3.05) is 11.5 Å². The largest absolute Gasteiger partial charge is 0.393 e. The predicted molar refractivity (Wildman–Crippen MR) is 61.8 cm³/mol. The first kappa shape index (κ1) is 9.16. The van der Waals surface area contributed by atoms with Crippen molar-refractivity contribution < 1.29 is 0 Å². The molecular weight excluding hydrogens is 206 g/mol. The minimum atomic E-state index is 0.508. The molecule has 68 valence electrons. The van der Waals surface area contributed by atoms with E-state index in [9.17, 15) is 0 Å². The Morgan fingerprint density at radius 1 is 1.42 bits per heavy atom. The molecule has 1 aliphatic heterocycles. The monoisotopic (exact) mass is 219 g/mol. The average Bonchev–Trinajstić information content (AvgIpc) is 2.62. The molecule has 0 aromatic rings. The van der Waals surface area contributed by atoms with Gasteiger partial charge >= 0.3 is 0 Å². The van der Waals surface area contributed by atoms with Gasteiger partial charge in [-0.05, 0) is 19.3 Å². The Labute approximate surface area is 87.2 Å². The van der Waals surface area contributed by atoms with Gasteiger partial charge in [-0.25, -0.2) is 0 Å². The number of hydrogen-bond acceptors (Lipinski definition) is 3. The van der Waals surface area contributed by atoms with E-state index in [4.69, 9.17) is 18.0 Å². The first-order valence-corrected chi connectivity index (χ1v) is 6.67. The number of thiocarbonyl (C=S) groups is 1. The fraction of sp³-hybridized carbons (Fsp3) is 0.875. The molecule has 0 radical (unpaired) electrons. The van der Waals surface area contributed by atoms with Crippen molar-refractivity contribution in [3.05, 3.63) is 0 Å². The lowest BCUT2D eigenvalue weighted by Crippen LogP contribution is -2.20. The second kappa shape index (κ2) is 3.39. The van der Waals surface area contributed by atoms with Gasteiger partial charge in [0.05, 0.1) is 9.07 Å². The van der Waals surface area contributed by atoms with E-state index in [1.165, 1.54) is 30.8 Å². The third kappa shape index (κ3) is 1.61. The standard InChI is InChI=1S/C8H13NS3/c9-7(10)6-1-2-8(5-6)11-3-4-12-8/h6H,1-5H2,(H2,9,10). The second-order valence-electron chi connectivity index (χ2n) is 3.45. The summed E-state index contributed by atoms with van der Waals surface area (Å²) in [6.45, 7) is 0. The average molecular weight is 219 g/mol. The van der Waals surface area contributed by atoms with Crippen molar-refractivity contribution in [2.45, 2.75) is 23.3 Å². The topological polar surface area (TPSA) is 26.0 Å². The molecule has 12 heavy (non-hydrogen) atoms. The zero-order valence-corrected chi connectivity index (χ0v) is 9.36. The van der Waals surface area contributed by atoms with Crippen LogP contribution in [0.1, 0.15) is 19.3 Å². The summed E-state index contributed by atoms with van der Waals surface area (Å²) in [5, 5.41) is 0. The SMILES string of the molecule is NC(=S)C1CCC2(C1)SCCS2. The molecule has 2 rings (SSSR count). The molecule has 2 N–H and O–H groups in total. The smallest absolute Gasteiger partial charge is 0.0759 e. The molecule has 1 aliphatic carbocycles. The third-order valence-corrected chi connectivity index (χ3v) is 6.56. The van der Waals surface area contributed by atoms with Crippen LogP contribution in [0.15, 0.2) is 0 Å². The lowest BCUT2D eigenvalue weighted by Gasteiger charge is -2.20. The predicted octanol–water partition coefficient (Wildman–Crippen LogP) is 2.25. The van der Waals surface area contributed by atoms with Crippen LogP contribution in [0.4, 0.5) is 0 Å². The van der Waals surface area contributed by atoms with E-state index in [1.807, 2.05) is 0 Å². The van der Waals surface area contributed by atoms with Crippen LogP contribution in [0.2, 0.25) is 0 Å². The minimum absolute atomic E-state index is 0.508. The fourth-order valence-corrected chi connectivity index (χ4v) is 5.58. The summed E-state index contributed by atoms with van der Waals surface area (Å²) in [5.74, 6) is 3.15. The van der Waals surface area contributed by atoms with Crippen LogP contribution in [-0.4, -0.2) is 20.6 Å². The van der Waals surface area contributed by atoms with Crippen LogP contribution < -0.4 is 5.73 Å². The first-order chi connectivity index (χ1) is 5.72. The Hall–Kier alpha value is 0.590. The highest BCUT2D eigenvalue weighted by Gasteiger charge is 2.43.